The summed E-state index contributed by atoms with van der Waals surface area (Å²) < 4.78 is 0. The van der Waals surface area contributed by atoms with Crippen LogP contribution in [0.5, 0.6) is 0 Å². The molecular formula is C14H17N5. The van der Waals surface area contributed by atoms with Gasteiger partial charge in [0, 0.05) is 18.3 Å². The average molecular weight is 255 g/mol. The Morgan fingerprint density at radius 1 is 1.32 bits per heavy atom. The molecule has 0 aliphatic carbocycles. The lowest BCUT2D eigenvalue weighted by Gasteiger charge is -2.17. The molecular weight excluding hydrogens is 238 g/mol. The summed E-state index contributed by atoms with van der Waals surface area (Å²) in [5.74, 6) is 1.87. The van der Waals surface area contributed by atoms with E-state index in [-0.39, 0.29) is 0 Å². The Morgan fingerprint density at radius 3 is 3.16 bits per heavy atom. The van der Waals surface area contributed by atoms with E-state index in [2.05, 4.69) is 37.7 Å². The molecule has 0 fully saturated rings. The van der Waals surface area contributed by atoms with E-state index in [1.54, 1.807) is 6.33 Å². The first-order valence-electron chi connectivity index (χ1n) is 6.56. The minimum Gasteiger partial charge on any atom is -0.370 e. The maximum Gasteiger partial charge on any atom is 0.129 e. The molecule has 2 N–H and O–H groups in total. The van der Waals surface area contributed by atoms with Crippen molar-refractivity contribution in [2.75, 3.05) is 17.2 Å². The van der Waals surface area contributed by atoms with E-state index in [1.165, 1.54) is 12.0 Å². The van der Waals surface area contributed by atoms with Crippen LogP contribution >= 0.6 is 0 Å². The first-order chi connectivity index (χ1) is 9.31. The van der Waals surface area contributed by atoms with Crippen LogP contribution in [0.25, 0.3) is 0 Å². The van der Waals surface area contributed by atoms with Crippen LogP contribution in [0.3, 0.4) is 0 Å². The van der Waals surface area contributed by atoms with E-state index in [9.17, 15) is 0 Å². The molecule has 1 aliphatic heterocycles. The van der Waals surface area contributed by atoms with Crippen molar-refractivity contribution in [3.8, 4) is 0 Å². The van der Waals surface area contributed by atoms with E-state index in [0.717, 1.165) is 36.0 Å². The van der Waals surface area contributed by atoms with Gasteiger partial charge in [0.1, 0.15) is 18.0 Å². The van der Waals surface area contributed by atoms with Crippen molar-refractivity contribution < 1.29 is 0 Å². The molecule has 0 saturated carbocycles. The zero-order valence-corrected chi connectivity index (χ0v) is 11.0. The Morgan fingerprint density at radius 2 is 2.26 bits per heavy atom. The molecule has 1 aliphatic rings. The maximum atomic E-state index is 4.63. The lowest BCUT2D eigenvalue weighted by molar-refractivity contribution is 0.811. The molecule has 0 spiro atoms. The quantitative estimate of drug-likeness (QED) is 0.880. The first-order valence-corrected chi connectivity index (χ1v) is 6.56. The van der Waals surface area contributed by atoms with Crippen molar-refractivity contribution in [2.24, 2.45) is 0 Å². The number of nitrogens with zero attached hydrogens (tertiary/aromatic N) is 3. The highest BCUT2D eigenvalue weighted by Crippen LogP contribution is 2.19. The van der Waals surface area contributed by atoms with Crippen molar-refractivity contribution in [1.29, 1.82) is 0 Å². The largest absolute Gasteiger partial charge is 0.370 e. The zero-order valence-electron chi connectivity index (χ0n) is 11.0. The molecule has 0 amide bonds. The highest BCUT2D eigenvalue weighted by molar-refractivity contribution is 5.47. The molecule has 2 aromatic heterocycles. The smallest absolute Gasteiger partial charge is 0.129 e. The van der Waals surface area contributed by atoms with E-state index in [1.807, 2.05) is 13.0 Å². The molecule has 5 nitrogen and oxygen atoms in total. The lowest BCUT2D eigenvalue weighted by Crippen LogP contribution is -2.14. The van der Waals surface area contributed by atoms with Gasteiger partial charge in [-0.1, -0.05) is 6.07 Å². The Kier molecular flexibility index (Phi) is 3.27. The Bertz CT molecular complexity index is 582. The van der Waals surface area contributed by atoms with Gasteiger partial charge in [-0.05, 0) is 31.4 Å². The normalized spacial score (nSPS) is 13.5. The highest BCUT2D eigenvalue weighted by atomic mass is 15.0. The van der Waals surface area contributed by atoms with E-state index < -0.39 is 0 Å². The molecule has 0 unspecified atom stereocenters. The molecule has 0 atom stereocenters. The van der Waals surface area contributed by atoms with Gasteiger partial charge in [0.15, 0.2) is 0 Å². The number of aromatic nitrogens is 3. The van der Waals surface area contributed by atoms with Gasteiger partial charge in [-0.2, -0.15) is 0 Å². The fraction of sp³-hybridized carbons (Fsp3) is 0.357. The summed E-state index contributed by atoms with van der Waals surface area (Å²) in [6.45, 7) is 3.64. The molecule has 3 rings (SSSR count). The molecule has 0 aromatic carbocycles. The molecule has 19 heavy (non-hydrogen) atoms. The SMILES string of the molecule is Cc1cc(NCc2ccc3c(n2)NCCC3)ncn1. The molecule has 5 heteroatoms. The third kappa shape index (κ3) is 2.81. The lowest BCUT2D eigenvalue weighted by atomic mass is 10.1. The third-order valence-electron chi connectivity index (χ3n) is 3.21. The number of hydrogen-bond donors (Lipinski definition) is 2. The molecule has 98 valence electrons. The first kappa shape index (κ1) is 11.9. The van der Waals surface area contributed by atoms with Crippen molar-refractivity contribution in [3.05, 3.63) is 41.5 Å². The Hall–Kier alpha value is -2.17. The fourth-order valence-corrected chi connectivity index (χ4v) is 2.20. The summed E-state index contributed by atoms with van der Waals surface area (Å²) in [6.07, 6.45) is 3.88. The standard InChI is InChI=1S/C14H17N5/c1-10-7-13(18-9-17-10)16-8-12-5-4-11-3-2-6-15-14(11)19-12/h4-5,7,9H,2-3,6,8H2,1H3,(H,15,19)(H,16,17,18). The number of fused-ring (bicyclic) bond motifs is 1. The summed E-state index contributed by atoms with van der Waals surface area (Å²) in [4.78, 5) is 12.9. The summed E-state index contributed by atoms with van der Waals surface area (Å²) in [6, 6.07) is 6.17. The van der Waals surface area contributed by atoms with Gasteiger partial charge < -0.3 is 10.6 Å². The number of aryl methyl sites for hydroxylation is 2. The van der Waals surface area contributed by atoms with E-state index in [0.29, 0.717) is 6.54 Å². The second-order valence-corrected chi connectivity index (χ2v) is 4.74. The van der Waals surface area contributed by atoms with Crippen LogP contribution in [-0.2, 0) is 13.0 Å². The van der Waals surface area contributed by atoms with Crippen LogP contribution < -0.4 is 10.6 Å². The number of pyridine rings is 1. The monoisotopic (exact) mass is 255 g/mol. The van der Waals surface area contributed by atoms with E-state index in [4.69, 9.17) is 0 Å². The van der Waals surface area contributed by atoms with Crippen molar-refractivity contribution in [3.63, 3.8) is 0 Å². The molecule has 2 aromatic rings. The topological polar surface area (TPSA) is 62.7 Å². The van der Waals surface area contributed by atoms with Crippen LogP contribution in [0.15, 0.2) is 24.5 Å². The second kappa shape index (κ2) is 5.22. The predicted octanol–water partition coefficient (Wildman–Crippen LogP) is 2.15. The molecule has 0 radical (unpaired) electrons. The zero-order chi connectivity index (χ0) is 13.1. The maximum absolute atomic E-state index is 4.63. The van der Waals surface area contributed by atoms with Crippen molar-refractivity contribution in [1.82, 2.24) is 15.0 Å². The van der Waals surface area contributed by atoms with Crippen LogP contribution in [-0.4, -0.2) is 21.5 Å². The van der Waals surface area contributed by atoms with Crippen LogP contribution in [0.4, 0.5) is 11.6 Å². The summed E-state index contributed by atoms with van der Waals surface area (Å²) >= 11 is 0. The predicted molar refractivity (Wildman–Crippen MR) is 75.1 cm³/mol. The number of hydrogen-bond acceptors (Lipinski definition) is 5. The molecule has 0 saturated heterocycles. The third-order valence-corrected chi connectivity index (χ3v) is 3.21. The summed E-state index contributed by atoms with van der Waals surface area (Å²) in [5.41, 5.74) is 3.29. The van der Waals surface area contributed by atoms with Crippen LogP contribution in [0, 0.1) is 6.92 Å². The van der Waals surface area contributed by atoms with E-state index >= 15 is 0 Å². The Balaban J connectivity index is 1.70. The van der Waals surface area contributed by atoms with Gasteiger partial charge in [0.2, 0.25) is 0 Å². The van der Waals surface area contributed by atoms with Gasteiger partial charge in [0.25, 0.3) is 0 Å². The van der Waals surface area contributed by atoms with Gasteiger partial charge in [0.05, 0.1) is 12.2 Å². The minimum absolute atomic E-state index is 0.672. The fourth-order valence-electron chi connectivity index (χ4n) is 2.20. The van der Waals surface area contributed by atoms with Gasteiger partial charge >= 0.3 is 0 Å². The van der Waals surface area contributed by atoms with Crippen LogP contribution in [0.2, 0.25) is 0 Å². The van der Waals surface area contributed by atoms with Gasteiger partial charge in [-0.3, -0.25) is 0 Å². The van der Waals surface area contributed by atoms with Crippen LogP contribution in [0.1, 0.15) is 23.4 Å². The highest BCUT2D eigenvalue weighted by Gasteiger charge is 2.10. The van der Waals surface area contributed by atoms with Crippen molar-refractivity contribution in [2.45, 2.75) is 26.3 Å². The number of anilines is 2. The van der Waals surface area contributed by atoms with Gasteiger partial charge in [-0.25, -0.2) is 15.0 Å². The summed E-state index contributed by atoms with van der Waals surface area (Å²) in [7, 11) is 0. The molecule has 0 bridgehead atoms. The Labute approximate surface area is 112 Å². The molecule has 3 heterocycles. The van der Waals surface area contributed by atoms with Crippen molar-refractivity contribution >= 4 is 11.6 Å². The average Bonchev–Trinajstić information content (AvgIpc) is 2.45. The summed E-state index contributed by atoms with van der Waals surface area (Å²) in [5, 5.41) is 6.61. The number of rotatable bonds is 3. The number of nitrogens with one attached hydrogen (secondary N) is 2. The minimum atomic E-state index is 0.672. The second-order valence-electron chi connectivity index (χ2n) is 4.74. The van der Waals surface area contributed by atoms with Gasteiger partial charge in [-0.15, -0.1) is 0 Å².